The largest absolute Gasteiger partial charge is 0.458 e. The highest BCUT2D eigenvalue weighted by molar-refractivity contribution is 7.80. The van der Waals surface area contributed by atoms with Crippen molar-refractivity contribution in [3.8, 4) is 0 Å². The molecular formula is C108H277N9O16SSi11. The predicted molar refractivity (Wildman–Crippen MR) is 717 cm³/mol. The molecule has 145 heavy (non-hydrogen) atoms. The van der Waals surface area contributed by atoms with Gasteiger partial charge in [0.1, 0.15) is 80.5 Å². The lowest BCUT2D eigenvalue weighted by atomic mass is 10.2. The molecule has 0 bridgehead atoms. The Morgan fingerprint density at radius 1 is 0.400 bits per heavy atom. The zero-order valence-corrected chi connectivity index (χ0v) is 94.5. The molecule has 2 aliphatic heterocycles. The van der Waals surface area contributed by atoms with E-state index < -0.39 is 48.4 Å². The summed E-state index contributed by atoms with van der Waals surface area (Å²) in [4.78, 5) is 33.0. The summed E-state index contributed by atoms with van der Waals surface area (Å²) >= 11 is 4.03. The number of nitrogens with one attached hydrogen (secondary N) is 4. The third-order valence-electron chi connectivity index (χ3n) is 16.4. The molecule has 900 valence electrons. The van der Waals surface area contributed by atoms with Crippen LogP contribution in [0.1, 0.15) is 226 Å². The summed E-state index contributed by atoms with van der Waals surface area (Å²) in [6, 6.07) is 3.89. The van der Waals surface area contributed by atoms with Crippen LogP contribution in [0, 0.1) is 0 Å². The summed E-state index contributed by atoms with van der Waals surface area (Å²) in [7, 11) is -8.63. The van der Waals surface area contributed by atoms with Crippen LogP contribution in [0.15, 0.2) is 166 Å². The van der Waals surface area contributed by atoms with E-state index in [1.165, 1.54) is 0 Å². The van der Waals surface area contributed by atoms with Crippen LogP contribution < -0.4 is 49.9 Å². The van der Waals surface area contributed by atoms with Crippen molar-refractivity contribution in [2.24, 2.45) is 28.7 Å². The number of ether oxygens (including phenoxy) is 7. The van der Waals surface area contributed by atoms with Gasteiger partial charge in [-0.1, -0.05) is 422 Å². The fourth-order valence-corrected chi connectivity index (χ4v) is 17.3. The maximum Gasteiger partial charge on any atom is 0.333 e. The van der Waals surface area contributed by atoms with Gasteiger partial charge in [0.15, 0.2) is 0 Å². The molecule has 0 aliphatic carbocycles. The van der Waals surface area contributed by atoms with Gasteiger partial charge in [0.25, 0.3) is 0 Å². The summed E-state index contributed by atoms with van der Waals surface area (Å²) in [6.07, 6.45) is 24.5. The molecule has 2 heterocycles. The summed E-state index contributed by atoms with van der Waals surface area (Å²) < 4.78 is 35.4. The predicted octanol–water partition coefficient (Wildman–Crippen LogP) is 20.3. The van der Waals surface area contributed by atoms with Gasteiger partial charge in [0, 0.05) is 179 Å². The van der Waals surface area contributed by atoms with Gasteiger partial charge in [-0.05, 0) is 34.6 Å². The van der Waals surface area contributed by atoms with Crippen molar-refractivity contribution in [1.82, 2.24) is 21.3 Å². The molecule has 2 rings (SSSR count). The molecule has 0 spiro atoms. The molecule has 2 saturated heterocycles. The minimum absolute atomic E-state index is 0. The van der Waals surface area contributed by atoms with Crippen molar-refractivity contribution in [2.75, 3.05) is 162 Å². The number of hydrogen-bond acceptors (Lipinski definition) is 26. The number of esters is 3. The maximum absolute atomic E-state index is 11.1. The molecular weight excluding hydrogens is 2020 g/mol. The highest BCUT2D eigenvalue weighted by atomic mass is 32.1. The van der Waals surface area contributed by atoms with Crippen LogP contribution in [0.25, 0.3) is 0 Å². The van der Waals surface area contributed by atoms with Gasteiger partial charge in [0.05, 0.1) is 39.6 Å². The molecule has 0 amide bonds. The number of carbonyl (C=O) groups is 3. The molecule has 0 aromatic rings. The zero-order valence-electron chi connectivity index (χ0n) is 80.6. The molecule has 0 aromatic heterocycles. The van der Waals surface area contributed by atoms with Gasteiger partial charge in [-0.2, -0.15) is 12.6 Å². The van der Waals surface area contributed by atoms with Crippen LogP contribution in [-0.4, -0.2) is 331 Å². The fourth-order valence-electron chi connectivity index (χ4n) is 7.51. The maximum atomic E-state index is 11.1. The second kappa shape index (κ2) is 166. The summed E-state index contributed by atoms with van der Waals surface area (Å²) in [5, 5.41) is 66.9. The number of carbonyl (C=O) groups excluding carboxylic acids is 3. The third kappa shape index (κ3) is 195. The molecule has 5 unspecified atom stereocenters. The van der Waals surface area contributed by atoms with Gasteiger partial charge in [-0.15, -0.1) is 28.5 Å². The van der Waals surface area contributed by atoms with Crippen molar-refractivity contribution in [3.05, 3.63) is 166 Å². The Morgan fingerprint density at radius 3 is 0.897 bits per heavy atom. The van der Waals surface area contributed by atoms with Crippen LogP contribution in [0.4, 0.5) is 0 Å². The summed E-state index contributed by atoms with van der Waals surface area (Å²) in [6.45, 7) is 68.2. The van der Waals surface area contributed by atoms with Crippen molar-refractivity contribution in [3.63, 3.8) is 0 Å². The zero-order chi connectivity index (χ0) is 95.4. The lowest BCUT2D eigenvalue weighted by Gasteiger charge is -2.22. The Balaban J connectivity index is -0.0000000320. The Morgan fingerprint density at radius 2 is 0.676 bits per heavy atom. The van der Waals surface area contributed by atoms with Crippen LogP contribution in [0.5, 0.6) is 0 Å². The van der Waals surface area contributed by atoms with Crippen molar-refractivity contribution in [1.29, 1.82) is 0 Å². The minimum Gasteiger partial charge on any atom is -0.458 e. The molecule has 0 saturated carbocycles. The van der Waals surface area contributed by atoms with E-state index in [1.807, 2.05) is 60.9 Å². The monoisotopic (exact) mass is 2300 g/mol. The highest BCUT2D eigenvalue weighted by Gasteiger charge is 2.26. The topological polar surface area (TPSA) is 422 Å². The summed E-state index contributed by atoms with van der Waals surface area (Å²) in [5.74, 6) is -0.341. The molecule has 0 radical (unpaired) electrons. The van der Waals surface area contributed by atoms with E-state index in [0.29, 0.717) is 113 Å². The number of aliphatic hydroxyl groups excluding tert-OH is 6. The Kier molecular flexibility index (Phi) is 267. The van der Waals surface area contributed by atoms with Gasteiger partial charge in [-0.25, -0.2) is 14.4 Å². The number of epoxide rings is 2. The third-order valence-corrected chi connectivity index (χ3v) is 36.2. The molecule has 5 atom stereocenters. The number of aliphatic hydroxyl groups is 6. The average Bonchev–Trinajstić information content (AvgIpc) is 1.67. The first-order chi connectivity index (χ1) is 57.6. The standard InChI is InChI=1S/C12H22O3Si.C11H20O3Si.C10H18O3Si.2C9H18O3Si.C8H20N2Si.C6H16N2Si.C6H14OSSi.2C5H14N2Si.C4H11NSi.23CH4/c1-5-16(6-2,10-13)9-7-8-15-12(14)11(3)4;1-5-15(4,9-12)8-6-7-14-11(13)10(2)3;1-9(2)10(12)13-6-5-7-14(3,4)8-11;2*1-13(2,8-10)5-3-4-11-6-9-7-12-9;1-7(4-5-11-3)10-8(2)6-9;1-9-6-2-4-8-5-3-7;1-9(2,6-7)5-3-4-8;2*1-8-4-2-3-7-5-6;1-6-4-2-3-5;;;;;;;;;;;;;;;;;;;;;;;/h7,9,13H,3,5-6,8,10H2,1-2,4H3;6,8,12H,2,5,7,9H2,1,3-4H3;5,7,11H,1,6,8H2,2-4H3;2*3,5,9-10H,4,6-8H2,1-2H3;4-5,7-8,10H,6,9,11H2,1-3H3;2,6,8H,3-5,7,9H2,1H3;3,5,7-8H,4,6H2,1-2H3;2*2,4,7H,3,5-6,8H2,1H3;2,4H,3,5-6H2,1H3;23*1H4. The van der Waals surface area contributed by atoms with Crippen LogP contribution >= 0.6 is 12.6 Å². The minimum atomic E-state index is -1.66. The molecule has 2 aliphatic rings. The van der Waals surface area contributed by atoms with Crippen LogP contribution in [-0.2, 0) is 47.5 Å². The molecule has 2 fully saturated rings. The molecule has 37 heteroatoms. The van der Waals surface area contributed by atoms with Gasteiger partial charge >= 0.3 is 17.9 Å². The summed E-state index contributed by atoms with van der Waals surface area (Å²) in [5.41, 5.74) is 51.1. The SMILES string of the molecule is C.C.C.C.C.C.C.C.C.C.C.C.C.C.C.C.C.C.C.C.C.C.C.C=C(C)C(=O)OCC=C[Si](C)(C)CO.C=C(C)C(=O)OCC=C[Si](C)(CC)CO.C=C(C)C(=O)OCC=C[Si](CC)(CC)CO.C[SiH2]C=CC(C)NC(C)CN.C[SiH2]C=CCN.C[SiH2]C=CCNCCN.C[SiH2]C=CCNCN.C[SiH2]C=CCNCN.C[Si](C)(C=CCOCC1CO1)CO.C[Si](C)(C=CCOCC1CO1)CO.C[Si](C)(C=CCS)CO. The quantitative estimate of drug-likeness (QED) is 0.00393. The highest BCUT2D eigenvalue weighted by Crippen LogP contribution is 2.16. The fraction of sp³-hybridized carbons (Fsp3) is 0.713. The Bertz CT molecular complexity index is 2760. The number of hydrogen-bond donors (Lipinski definition) is 16. The van der Waals surface area contributed by atoms with E-state index in [9.17, 15) is 24.6 Å². The first kappa shape index (κ1) is 233. The van der Waals surface area contributed by atoms with E-state index in [1.54, 1.807) is 26.8 Å². The van der Waals surface area contributed by atoms with Gasteiger partial charge in [-0.3, -0.25) is 0 Å². The van der Waals surface area contributed by atoms with E-state index >= 15 is 0 Å². The number of nitrogens with two attached hydrogens (primary N) is 5. The van der Waals surface area contributed by atoms with Crippen molar-refractivity contribution >= 4 is 127 Å². The molecule has 0 aromatic carbocycles. The average molecular weight is 2300 g/mol. The lowest BCUT2D eigenvalue weighted by molar-refractivity contribution is -0.138. The van der Waals surface area contributed by atoms with E-state index in [2.05, 4.69) is 242 Å². The van der Waals surface area contributed by atoms with E-state index in [-0.39, 0.29) is 275 Å². The van der Waals surface area contributed by atoms with Crippen LogP contribution in [0.2, 0.25) is 110 Å². The van der Waals surface area contributed by atoms with E-state index in [4.69, 9.17) is 82.3 Å². The second-order valence-electron chi connectivity index (χ2n) is 31.7. The van der Waals surface area contributed by atoms with Crippen molar-refractivity contribution < 1.29 is 78.2 Å². The van der Waals surface area contributed by atoms with Crippen LogP contribution in [0.3, 0.4) is 0 Å². The lowest BCUT2D eigenvalue weighted by Crippen LogP contribution is -2.38. The van der Waals surface area contributed by atoms with E-state index in [0.717, 1.165) is 69.8 Å². The number of rotatable bonds is 53. The Hall–Kier alpha value is -3.25. The smallest absolute Gasteiger partial charge is 0.333 e. The normalized spacial score (nSPS) is 12.8. The van der Waals surface area contributed by atoms with Gasteiger partial charge < -0.3 is 114 Å². The second-order valence-corrected chi connectivity index (χ2v) is 66.5. The van der Waals surface area contributed by atoms with Gasteiger partial charge in [0.2, 0.25) is 0 Å². The molecule has 20 N–H and O–H groups in total. The molecule has 25 nitrogen and oxygen atoms in total. The first-order valence-corrected chi connectivity index (χ1v) is 74.1. The number of thiol groups is 1. The first-order valence-electron chi connectivity index (χ1n) is 43.4. The van der Waals surface area contributed by atoms with Crippen molar-refractivity contribution in [2.45, 2.75) is 360 Å². The Labute approximate surface area is 936 Å².